The highest BCUT2D eigenvalue weighted by Gasteiger charge is 2.14. The standard InChI is InChI=1S/C9H5BrClFN4O/c10-5-1-4(12)2-6(11)8(5)14-9(17)7-3-13-16-15-7/h1-3H,(H,14,17)(H,13,15,16). The van der Waals surface area contributed by atoms with Crippen LogP contribution in [0.1, 0.15) is 10.5 Å². The highest BCUT2D eigenvalue weighted by atomic mass is 79.9. The summed E-state index contributed by atoms with van der Waals surface area (Å²) < 4.78 is 13.3. The largest absolute Gasteiger partial charge is 0.318 e. The van der Waals surface area contributed by atoms with Crippen molar-refractivity contribution in [1.29, 1.82) is 0 Å². The molecule has 2 N–H and O–H groups in total. The Bertz CT molecular complexity index is 537. The van der Waals surface area contributed by atoms with Crippen molar-refractivity contribution in [3.8, 4) is 0 Å². The quantitative estimate of drug-likeness (QED) is 0.894. The molecule has 0 radical (unpaired) electrons. The molecule has 5 nitrogen and oxygen atoms in total. The Kier molecular flexibility index (Phi) is 3.39. The first-order valence-electron chi connectivity index (χ1n) is 4.39. The first kappa shape index (κ1) is 12.0. The third-order valence-electron chi connectivity index (χ3n) is 1.89. The summed E-state index contributed by atoms with van der Waals surface area (Å²) in [6.07, 6.45) is 1.26. The summed E-state index contributed by atoms with van der Waals surface area (Å²) in [6, 6.07) is 2.30. The number of nitrogens with one attached hydrogen (secondary N) is 2. The van der Waals surface area contributed by atoms with E-state index in [4.69, 9.17) is 11.6 Å². The van der Waals surface area contributed by atoms with Crippen LogP contribution in [0.15, 0.2) is 22.8 Å². The summed E-state index contributed by atoms with van der Waals surface area (Å²) >= 11 is 8.92. The number of aromatic nitrogens is 3. The van der Waals surface area contributed by atoms with Gasteiger partial charge in [0.2, 0.25) is 0 Å². The van der Waals surface area contributed by atoms with Gasteiger partial charge in [0.1, 0.15) is 5.82 Å². The van der Waals surface area contributed by atoms with E-state index in [-0.39, 0.29) is 16.4 Å². The van der Waals surface area contributed by atoms with E-state index in [0.29, 0.717) is 4.47 Å². The minimum Gasteiger partial charge on any atom is -0.318 e. The molecule has 8 heteroatoms. The average Bonchev–Trinajstić information content (AvgIpc) is 2.76. The van der Waals surface area contributed by atoms with Gasteiger partial charge in [0.25, 0.3) is 5.91 Å². The van der Waals surface area contributed by atoms with Crippen molar-refractivity contribution in [2.75, 3.05) is 5.32 Å². The molecule has 0 aliphatic rings. The molecule has 0 aliphatic carbocycles. The van der Waals surface area contributed by atoms with Gasteiger partial charge < -0.3 is 5.32 Å². The molecule has 1 aromatic carbocycles. The van der Waals surface area contributed by atoms with Gasteiger partial charge in [-0.2, -0.15) is 15.4 Å². The van der Waals surface area contributed by atoms with E-state index in [1.165, 1.54) is 12.3 Å². The number of hydrogen-bond donors (Lipinski definition) is 2. The molecule has 0 atom stereocenters. The van der Waals surface area contributed by atoms with E-state index < -0.39 is 11.7 Å². The fourth-order valence-electron chi connectivity index (χ4n) is 1.15. The van der Waals surface area contributed by atoms with Crippen molar-refractivity contribution < 1.29 is 9.18 Å². The Morgan fingerprint density at radius 2 is 2.29 bits per heavy atom. The molecule has 17 heavy (non-hydrogen) atoms. The molecule has 0 aliphatic heterocycles. The second-order valence-electron chi connectivity index (χ2n) is 3.05. The second-order valence-corrected chi connectivity index (χ2v) is 4.32. The maximum atomic E-state index is 13.0. The zero-order valence-electron chi connectivity index (χ0n) is 8.17. The Morgan fingerprint density at radius 1 is 1.53 bits per heavy atom. The van der Waals surface area contributed by atoms with Gasteiger partial charge in [-0.3, -0.25) is 4.79 Å². The lowest BCUT2D eigenvalue weighted by atomic mass is 10.3. The summed E-state index contributed by atoms with van der Waals surface area (Å²) in [5, 5.41) is 12.0. The van der Waals surface area contributed by atoms with Crippen LogP contribution in [0.4, 0.5) is 10.1 Å². The van der Waals surface area contributed by atoms with Crippen molar-refractivity contribution in [2.45, 2.75) is 0 Å². The molecular formula is C9H5BrClFN4O. The topological polar surface area (TPSA) is 70.7 Å². The number of carbonyl (C=O) groups is 1. The van der Waals surface area contributed by atoms with Crippen LogP contribution in [0, 0.1) is 5.82 Å². The van der Waals surface area contributed by atoms with Crippen molar-refractivity contribution in [3.05, 3.63) is 39.3 Å². The Morgan fingerprint density at radius 3 is 2.88 bits per heavy atom. The molecule has 1 heterocycles. The van der Waals surface area contributed by atoms with Gasteiger partial charge in [-0.1, -0.05) is 11.6 Å². The fourth-order valence-corrected chi connectivity index (χ4v) is 2.05. The van der Waals surface area contributed by atoms with Crippen LogP contribution in [0.2, 0.25) is 5.02 Å². The zero-order valence-corrected chi connectivity index (χ0v) is 10.5. The molecule has 0 bridgehead atoms. The summed E-state index contributed by atoms with van der Waals surface area (Å²) in [5.41, 5.74) is 0.387. The SMILES string of the molecule is O=C(Nc1c(Cl)cc(F)cc1Br)c1cn[nH]n1. The lowest BCUT2D eigenvalue weighted by Gasteiger charge is -2.08. The highest BCUT2D eigenvalue weighted by Crippen LogP contribution is 2.31. The molecule has 0 saturated carbocycles. The molecule has 88 valence electrons. The van der Waals surface area contributed by atoms with Gasteiger partial charge in [-0.15, -0.1) is 0 Å². The Hall–Kier alpha value is -1.47. The van der Waals surface area contributed by atoms with Crippen molar-refractivity contribution >= 4 is 39.1 Å². The van der Waals surface area contributed by atoms with E-state index in [2.05, 4.69) is 36.7 Å². The number of amides is 1. The molecular weight excluding hydrogens is 314 g/mol. The predicted molar refractivity (Wildman–Crippen MR) is 63.4 cm³/mol. The van der Waals surface area contributed by atoms with Crippen LogP contribution < -0.4 is 5.32 Å². The summed E-state index contributed by atoms with van der Waals surface area (Å²) in [4.78, 5) is 11.7. The number of rotatable bonds is 2. The van der Waals surface area contributed by atoms with Crippen LogP contribution in [0.25, 0.3) is 0 Å². The fraction of sp³-hybridized carbons (Fsp3) is 0. The van der Waals surface area contributed by atoms with Gasteiger partial charge in [0.15, 0.2) is 5.69 Å². The normalized spacial score (nSPS) is 10.3. The molecule has 2 rings (SSSR count). The first-order valence-corrected chi connectivity index (χ1v) is 5.56. The van der Waals surface area contributed by atoms with Crippen LogP contribution in [-0.4, -0.2) is 21.3 Å². The number of nitrogens with zero attached hydrogens (tertiary/aromatic N) is 2. The lowest BCUT2D eigenvalue weighted by Crippen LogP contribution is -2.13. The summed E-state index contributed by atoms with van der Waals surface area (Å²) in [5.74, 6) is -0.991. The molecule has 2 aromatic rings. The molecule has 0 spiro atoms. The monoisotopic (exact) mass is 318 g/mol. The average molecular weight is 320 g/mol. The smallest absolute Gasteiger partial charge is 0.277 e. The van der Waals surface area contributed by atoms with E-state index in [9.17, 15) is 9.18 Å². The lowest BCUT2D eigenvalue weighted by molar-refractivity contribution is 0.102. The Balaban J connectivity index is 2.28. The van der Waals surface area contributed by atoms with Crippen molar-refractivity contribution in [1.82, 2.24) is 15.4 Å². The molecule has 0 unspecified atom stereocenters. The maximum Gasteiger partial charge on any atom is 0.277 e. The van der Waals surface area contributed by atoms with E-state index in [1.54, 1.807) is 0 Å². The molecule has 0 fully saturated rings. The van der Waals surface area contributed by atoms with E-state index in [1.807, 2.05) is 0 Å². The maximum absolute atomic E-state index is 13.0. The Labute approximate surface area is 108 Å². The number of aromatic amines is 1. The zero-order chi connectivity index (χ0) is 12.4. The predicted octanol–water partition coefficient (Wildman–Crippen LogP) is 2.61. The van der Waals surface area contributed by atoms with Crippen molar-refractivity contribution in [2.24, 2.45) is 0 Å². The first-order chi connectivity index (χ1) is 8.08. The number of benzene rings is 1. The van der Waals surface area contributed by atoms with Crippen molar-refractivity contribution in [3.63, 3.8) is 0 Å². The van der Waals surface area contributed by atoms with Gasteiger partial charge >= 0.3 is 0 Å². The van der Waals surface area contributed by atoms with Crippen LogP contribution in [0.3, 0.4) is 0 Å². The van der Waals surface area contributed by atoms with Gasteiger partial charge in [-0.05, 0) is 28.1 Å². The number of hydrogen-bond acceptors (Lipinski definition) is 3. The van der Waals surface area contributed by atoms with Gasteiger partial charge in [-0.25, -0.2) is 4.39 Å². The molecule has 1 aromatic heterocycles. The van der Waals surface area contributed by atoms with Crippen LogP contribution in [-0.2, 0) is 0 Å². The third kappa shape index (κ3) is 2.62. The summed E-state index contributed by atoms with van der Waals surface area (Å²) in [6.45, 7) is 0. The molecule has 1 amide bonds. The number of halogens is 3. The summed E-state index contributed by atoms with van der Waals surface area (Å²) in [7, 11) is 0. The molecule has 0 saturated heterocycles. The second kappa shape index (κ2) is 4.80. The number of anilines is 1. The van der Waals surface area contributed by atoms with Gasteiger partial charge in [0, 0.05) is 4.47 Å². The highest BCUT2D eigenvalue weighted by molar-refractivity contribution is 9.10. The van der Waals surface area contributed by atoms with Crippen LogP contribution in [0.5, 0.6) is 0 Å². The minimum atomic E-state index is -0.499. The van der Waals surface area contributed by atoms with Crippen LogP contribution >= 0.6 is 27.5 Å². The number of H-pyrrole nitrogens is 1. The van der Waals surface area contributed by atoms with E-state index >= 15 is 0 Å². The van der Waals surface area contributed by atoms with Gasteiger partial charge in [0.05, 0.1) is 16.9 Å². The number of carbonyl (C=O) groups excluding carboxylic acids is 1. The van der Waals surface area contributed by atoms with E-state index in [0.717, 1.165) is 6.07 Å². The third-order valence-corrected chi connectivity index (χ3v) is 2.82. The minimum absolute atomic E-state index is 0.0914.